The molecule has 146 valence electrons. The average Bonchev–Trinajstić information content (AvgIpc) is 2.73. The Hall–Kier alpha value is -2.26. The third kappa shape index (κ3) is 4.03. The molecule has 1 aromatic carbocycles. The number of anilines is 1. The van der Waals surface area contributed by atoms with Crippen LogP contribution in [-0.4, -0.2) is 65.6 Å². The number of aromatic hydroxyl groups is 1. The molecule has 1 atom stereocenters. The van der Waals surface area contributed by atoms with Crippen LogP contribution in [0.15, 0.2) is 24.3 Å². The van der Waals surface area contributed by atoms with Crippen LogP contribution < -0.4 is 4.90 Å². The second kappa shape index (κ2) is 8.18. The van der Waals surface area contributed by atoms with Gasteiger partial charge in [0.05, 0.1) is 12.1 Å². The van der Waals surface area contributed by atoms with Crippen molar-refractivity contribution in [1.82, 2.24) is 9.80 Å². The standard InChI is InChI=1S/C21H30N4O2/c1-17(20(27)23(2)21(16-22)10-4-3-5-11-21)24-12-14-25(15-13-24)18-6-8-19(26)9-7-18/h6-9,17,26H,3-5,10-15H2,1-2H3/t17-/m1/s1. The van der Waals surface area contributed by atoms with E-state index < -0.39 is 5.54 Å². The maximum absolute atomic E-state index is 13.1. The highest BCUT2D eigenvalue weighted by atomic mass is 16.3. The van der Waals surface area contributed by atoms with E-state index in [0.29, 0.717) is 0 Å². The number of piperazine rings is 1. The lowest BCUT2D eigenvalue weighted by Gasteiger charge is -2.43. The normalized spacial score (nSPS) is 21.3. The van der Waals surface area contributed by atoms with Crippen LogP contribution in [0.5, 0.6) is 5.75 Å². The Morgan fingerprint density at radius 2 is 1.74 bits per heavy atom. The topological polar surface area (TPSA) is 70.8 Å². The summed E-state index contributed by atoms with van der Waals surface area (Å²) < 4.78 is 0. The summed E-state index contributed by atoms with van der Waals surface area (Å²) >= 11 is 0. The van der Waals surface area contributed by atoms with E-state index in [2.05, 4.69) is 15.9 Å². The predicted molar refractivity (Wildman–Crippen MR) is 106 cm³/mol. The van der Waals surface area contributed by atoms with Gasteiger partial charge >= 0.3 is 0 Å². The van der Waals surface area contributed by atoms with Gasteiger partial charge in [-0.3, -0.25) is 9.69 Å². The quantitative estimate of drug-likeness (QED) is 0.882. The van der Waals surface area contributed by atoms with Gasteiger partial charge in [0.25, 0.3) is 0 Å². The number of phenols is 1. The van der Waals surface area contributed by atoms with Crippen LogP contribution in [0.4, 0.5) is 5.69 Å². The average molecular weight is 370 g/mol. The highest BCUT2D eigenvalue weighted by molar-refractivity contribution is 5.82. The van der Waals surface area contributed by atoms with E-state index in [1.165, 1.54) is 0 Å². The number of carbonyl (C=O) groups excluding carboxylic acids is 1. The monoisotopic (exact) mass is 370 g/mol. The second-order valence-corrected chi connectivity index (χ2v) is 7.82. The van der Waals surface area contributed by atoms with Gasteiger partial charge in [0.2, 0.25) is 5.91 Å². The van der Waals surface area contributed by atoms with Crippen LogP contribution in [0, 0.1) is 11.3 Å². The molecule has 2 fully saturated rings. The van der Waals surface area contributed by atoms with Crippen molar-refractivity contribution in [2.45, 2.75) is 50.6 Å². The summed E-state index contributed by atoms with van der Waals surface area (Å²) in [5.74, 6) is 0.324. The maximum Gasteiger partial charge on any atom is 0.240 e. The predicted octanol–water partition coefficient (Wildman–Crippen LogP) is 2.59. The number of benzene rings is 1. The van der Waals surface area contributed by atoms with Crippen molar-refractivity contribution in [3.8, 4) is 11.8 Å². The molecule has 1 aliphatic carbocycles. The fourth-order valence-corrected chi connectivity index (χ4v) is 4.34. The van der Waals surface area contributed by atoms with Crippen LogP contribution in [0.3, 0.4) is 0 Å². The molecule has 1 amide bonds. The van der Waals surface area contributed by atoms with E-state index in [9.17, 15) is 15.2 Å². The Morgan fingerprint density at radius 1 is 1.15 bits per heavy atom. The maximum atomic E-state index is 13.1. The summed E-state index contributed by atoms with van der Waals surface area (Å²) in [6.07, 6.45) is 4.76. The van der Waals surface area contributed by atoms with Crippen molar-refractivity contribution in [1.29, 1.82) is 5.26 Å². The first kappa shape index (κ1) is 19.5. The molecular formula is C21H30N4O2. The van der Waals surface area contributed by atoms with E-state index in [1.807, 2.05) is 19.1 Å². The molecule has 0 radical (unpaired) electrons. The number of likely N-dealkylation sites (N-methyl/N-ethyl adjacent to an activating group) is 1. The van der Waals surface area contributed by atoms with Crippen molar-refractivity contribution < 1.29 is 9.90 Å². The van der Waals surface area contributed by atoms with Crippen LogP contribution in [0.1, 0.15) is 39.0 Å². The third-order valence-electron chi connectivity index (χ3n) is 6.30. The molecule has 3 rings (SSSR count). The highest BCUT2D eigenvalue weighted by Crippen LogP contribution is 2.33. The molecule has 27 heavy (non-hydrogen) atoms. The van der Waals surface area contributed by atoms with Crippen molar-refractivity contribution in [2.24, 2.45) is 0 Å². The minimum atomic E-state index is -0.628. The minimum absolute atomic E-state index is 0.0523. The number of hydrogen-bond acceptors (Lipinski definition) is 5. The van der Waals surface area contributed by atoms with Gasteiger partial charge < -0.3 is 14.9 Å². The van der Waals surface area contributed by atoms with E-state index >= 15 is 0 Å². The summed E-state index contributed by atoms with van der Waals surface area (Å²) in [7, 11) is 1.81. The van der Waals surface area contributed by atoms with Crippen molar-refractivity contribution >= 4 is 11.6 Å². The molecule has 0 bridgehead atoms. The van der Waals surface area contributed by atoms with Crippen molar-refractivity contribution in [2.75, 3.05) is 38.1 Å². The largest absolute Gasteiger partial charge is 0.508 e. The van der Waals surface area contributed by atoms with Gasteiger partial charge in [-0.2, -0.15) is 5.26 Å². The summed E-state index contributed by atoms with van der Waals surface area (Å²) in [5.41, 5.74) is 0.464. The van der Waals surface area contributed by atoms with Crippen LogP contribution >= 0.6 is 0 Å². The first-order chi connectivity index (χ1) is 13.0. The lowest BCUT2D eigenvalue weighted by molar-refractivity contribution is -0.140. The molecule has 2 aliphatic rings. The Balaban J connectivity index is 1.59. The van der Waals surface area contributed by atoms with Gasteiger partial charge in [0.1, 0.15) is 11.3 Å². The molecule has 1 saturated heterocycles. The Labute approximate surface area is 162 Å². The van der Waals surface area contributed by atoms with Gasteiger partial charge in [-0.1, -0.05) is 19.3 Å². The fraction of sp³-hybridized carbons (Fsp3) is 0.619. The molecule has 1 heterocycles. The SMILES string of the molecule is C[C@H](C(=O)N(C)C1(C#N)CCCCC1)N1CCN(c2ccc(O)cc2)CC1. The first-order valence-corrected chi connectivity index (χ1v) is 9.94. The highest BCUT2D eigenvalue weighted by Gasteiger charge is 2.41. The second-order valence-electron chi connectivity index (χ2n) is 7.82. The Kier molecular flexibility index (Phi) is 5.91. The molecular weight excluding hydrogens is 340 g/mol. The van der Waals surface area contributed by atoms with Crippen LogP contribution in [0.25, 0.3) is 0 Å². The molecule has 0 aromatic heterocycles. The number of hydrogen-bond donors (Lipinski definition) is 1. The number of nitrogens with zero attached hydrogens (tertiary/aromatic N) is 4. The van der Waals surface area contributed by atoms with E-state index in [-0.39, 0.29) is 17.7 Å². The lowest BCUT2D eigenvalue weighted by atomic mass is 9.81. The van der Waals surface area contributed by atoms with Gasteiger partial charge in [-0.15, -0.1) is 0 Å². The fourth-order valence-electron chi connectivity index (χ4n) is 4.34. The molecule has 0 unspecified atom stereocenters. The minimum Gasteiger partial charge on any atom is -0.508 e. The number of phenolic OH excluding ortho intramolecular Hbond substituents is 1. The smallest absolute Gasteiger partial charge is 0.240 e. The number of rotatable bonds is 4. The molecule has 6 nitrogen and oxygen atoms in total. The number of nitriles is 1. The van der Waals surface area contributed by atoms with Crippen LogP contribution in [-0.2, 0) is 4.79 Å². The lowest BCUT2D eigenvalue weighted by Crippen LogP contribution is -2.58. The Morgan fingerprint density at radius 3 is 2.30 bits per heavy atom. The van der Waals surface area contributed by atoms with E-state index in [4.69, 9.17) is 0 Å². The number of carbonyl (C=O) groups is 1. The molecule has 1 aliphatic heterocycles. The number of amides is 1. The molecule has 1 aromatic rings. The van der Waals surface area contributed by atoms with Gasteiger partial charge in [0, 0.05) is 38.9 Å². The zero-order valence-electron chi connectivity index (χ0n) is 16.4. The molecule has 0 spiro atoms. The van der Waals surface area contributed by atoms with E-state index in [1.54, 1.807) is 24.1 Å². The molecule has 1 N–H and O–H groups in total. The summed E-state index contributed by atoms with van der Waals surface area (Å²) in [6, 6.07) is 9.48. The van der Waals surface area contributed by atoms with Crippen LogP contribution in [0.2, 0.25) is 0 Å². The molecule has 6 heteroatoms. The summed E-state index contributed by atoms with van der Waals surface area (Å²) in [4.78, 5) is 19.3. The summed E-state index contributed by atoms with van der Waals surface area (Å²) in [6.45, 7) is 5.26. The first-order valence-electron chi connectivity index (χ1n) is 9.94. The third-order valence-corrected chi connectivity index (χ3v) is 6.30. The zero-order chi connectivity index (χ0) is 19.4. The Bertz CT molecular complexity index is 683. The van der Waals surface area contributed by atoms with Crippen molar-refractivity contribution in [3.05, 3.63) is 24.3 Å². The van der Waals surface area contributed by atoms with Gasteiger partial charge in [0.15, 0.2) is 0 Å². The zero-order valence-corrected chi connectivity index (χ0v) is 16.4. The van der Waals surface area contributed by atoms with Gasteiger partial charge in [-0.05, 0) is 44.0 Å². The van der Waals surface area contributed by atoms with Crippen molar-refractivity contribution in [3.63, 3.8) is 0 Å². The van der Waals surface area contributed by atoms with Gasteiger partial charge in [-0.25, -0.2) is 0 Å². The summed E-state index contributed by atoms with van der Waals surface area (Å²) in [5, 5.41) is 19.2. The van der Waals surface area contributed by atoms with E-state index in [0.717, 1.165) is 64.0 Å². The molecule has 1 saturated carbocycles.